The van der Waals surface area contributed by atoms with Crippen LogP contribution in [0.15, 0.2) is 41.0 Å². The third-order valence-corrected chi connectivity index (χ3v) is 5.74. The fraction of sp³-hybridized carbons (Fsp3) is 0.476. The van der Waals surface area contributed by atoms with Gasteiger partial charge in [0.1, 0.15) is 0 Å². The maximum Gasteiger partial charge on any atom is 0.287 e. The minimum Gasteiger partial charge on any atom is -0.459 e. The van der Waals surface area contributed by atoms with Crippen molar-refractivity contribution >= 4 is 36.4 Å². The van der Waals surface area contributed by atoms with E-state index in [0.29, 0.717) is 24.3 Å². The monoisotopic (exact) mass is 425 g/mol. The molecular weight excluding hydrogens is 397 g/mol. The van der Waals surface area contributed by atoms with Gasteiger partial charge in [0, 0.05) is 29.9 Å². The smallest absolute Gasteiger partial charge is 0.287 e. The molecule has 1 fully saturated rings. The fourth-order valence-corrected chi connectivity index (χ4v) is 4.18. The van der Waals surface area contributed by atoms with E-state index >= 15 is 0 Å². The number of halogens is 2. The van der Waals surface area contributed by atoms with Crippen LogP contribution in [-0.2, 0) is 13.0 Å². The molecule has 1 amide bonds. The summed E-state index contributed by atoms with van der Waals surface area (Å²) in [5.41, 5.74) is 3.59. The molecule has 4 rings (SSSR count). The van der Waals surface area contributed by atoms with Crippen LogP contribution in [-0.4, -0.2) is 31.1 Å². The van der Waals surface area contributed by atoms with Gasteiger partial charge >= 0.3 is 0 Å². The number of benzene rings is 1. The number of para-hydroxylation sites is 1. The summed E-state index contributed by atoms with van der Waals surface area (Å²) in [4.78, 5) is 15.2. The van der Waals surface area contributed by atoms with Crippen LogP contribution in [0.25, 0.3) is 0 Å². The van der Waals surface area contributed by atoms with Gasteiger partial charge < -0.3 is 20.0 Å². The zero-order chi connectivity index (χ0) is 18.1. The maximum atomic E-state index is 12.8. The molecule has 3 atom stereocenters. The molecule has 1 aromatic heterocycles. The van der Waals surface area contributed by atoms with Crippen molar-refractivity contribution in [2.75, 3.05) is 18.0 Å². The Balaban J connectivity index is 0.00000140. The summed E-state index contributed by atoms with van der Waals surface area (Å²) in [5.74, 6) is 0.785. The molecule has 0 saturated carbocycles. The number of fused-ring (bicyclic) bond motifs is 1. The van der Waals surface area contributed by atoms with E-state index in [2.05, 4.69) is 53.6 Å². The van der Waals surface area contributed by atoms with E-state index in [1.165, 1.54) is 11.3 Å². The van der Waals surface area contributed by atoms with Crippen molar-refractivity contribution < 1.29 is 9.21 Å². The van der Waals surface area contributed by atoms with Crippen LogP contribution in [0.5, 0.6) is 0 Å². The standard InChI is InChI=1S/C21H27N3O2.2ClH/c1-14-12-22-9-7-18(14)23-21(25)20-17(8-10-26-20)13-24-15(2)11-16-5-3-4-6-19(16)24;;/h3-6,8,10,14-15,18,22H,7,9,11-13H2,1-2H3,(H,23,25);2*1H. The number of carbonyl (C=O) groups excluding carboxylic acids is 1. The summed E-state index contributed by atoms with van der Waals surface area (Å²) in [5, 5.41) is 6.54. The third kappa shape index (κ3) is 4.48. The molecule has 1 saturated heterocycles. The lowest BCUT2D eigenvalue weighted by atomic mass is 9.95. The Morgan fingerprint density at radius 3 is 2.82 bits per heavy atom. The van der Waals surface area contributed by atoms with Crippen molar-refractivity contribution in [1.29, 1.82) is 0 Å². The van der Waals surface area contributed by atoms with Crippen molar-refractivity contribution in [3.05, 3.63) is 53.5 Å². The quantitative estimate of drug-likeness (QED) is 0.781. The summed E-state index contributed by atoms with van der Waals surface area (Å²) >= 11 is 0. The number of amides is 1. The minimum atomic E-state index is -0.0936. The molecule has 0 spiro atoms. The van der Waals surface area contributed by atoms with Crippen LogP contribution in [0.1, 0.15) is 41.9 Å². The molecule has 28 heavy (non-hydrogen) atoms. The molecule has 0 radical (unpaired) electrons. The Hall–Kier alpha value is -1.69. The molecule has 0 bridgehead atoms. The van der Waals surface area contributed by atoms with Gasteiger partial charge in [0.05, 0.1) is 6.26 Å². The Morgan fingerprint density at radius 2 is 2.04 bits per heavy atom. The van der Waals surface area contributed by atoms with E-state index < -0.39 is 0 Å². The number of furan rings is 1. The molecule has 0 aliphatic carbocycles. The highest BCUT2D eigenvalue weighted by Crippen LogP contribution is 2.33. The largest absolute Gasteiger partial charge is 0.459 e. The summed E-state index contributed by atoms with van der Waals surface area (Å²) in [6.45, 7) is 6.99. The van der Waals surface area contributed by atoms with Crippen LogP contribution in [0, 0.1) is 5.92 Å². The molecule has 2 aliphatic rings. The van der Waals surface area contributed by atoms with Crippen LogP contribution in [0.4, 0.5) is 5.69 Å². The zero-order valence-electron chi connectivity index (χ0n) is 16.3. The van der Waals surface area contributed by atoms with Crippen LogP contribution in [0.2, 0.25) is 0 Å². The highest BCUT2D eigenvalue weighted by Gasteiger charge is 2.29. The van der Waals surface area contributed by atoms with Gasteiger partial charge in [-0.15, -0.1) is 24.8 Å². The van der Waals surface area contributed by atoms with Crippen molar-refractivity contribution in [2.24, 2.45) is 5.92 Å². The number of carbonyl (C=O) groups is 1. The number of hydrogen-bond donors (Lipinski definition) is 2. The van der Waals surface area contributed by atoms with E-state index in [1.54, 1.807) is 6.26 Å². The number of nitrogens with zero attached hydrogens (tertiary/aromatic N) is 1. The van der Waals surface area contributed by atoms with Gasteiger partial charge in [-0.3, -0.25) is 4.79 Å². The fourth-order valence-electron chi connectivity index (χ4n) is 4.18. The maximum absolute atomic E-state index is 12.8. The van der Waals surface area contributed by atoms with Gasteiger partial charge in [0.2, 0.25) is 0 Å². The number of hydrogen-bond acceptors (Lipinski definition) is 4. The number of piperidine rings is 1. The first kappa shape index (κ1) is 22.6. The molecule has 2 N–H and O–H groups in total. The summed E-state index contributed by atoms with van der Waals surface area (Å²) in [7, 11) is 0. The lowest BCUT2D eigenvalue weighted by Crippen LogP contribution is -2.48. The molecule has 7 heteroatoms. The molecule has 2 aliphatic heterocycles. The van der Waals surface area contributed by atoms with E-state index in [-0.39, 0.29) is 36.8 Å². The van der Waals surface area contributed by atoms with Gasteiger partial charge in [-0.25, -0.2) is 0 Å². The molecular formula is C21H29Cl2N3O2. The van der Waals surface area contributed by atoms with E-state index in [1.807, 2.05) is 6.07 Å². The van der Waals surface area contributed by atoms with Crippen LogP contribution in [0.3, 0.4) is 0 Å². The van der Waals surface area contributed by atoms with Crippen LogP contribution >= 0.6 is 24.8 Å². The molecule has 2 aromatic rings. The summed E-state index contributed by atoms with van der Waals surface area (Å²) in [6.07, 6.45) is 3.63. The van der Waals surface area contributed by atoms with Crippen molar-refractivity contribution in [2.45, 2.75) is 45.3 Å². The Labute approximate surface area is 179 Å². The average Bonchev–Trinajstić information content (AvgIpc) is 3.22. The molecule has 5 nitrogen and oxygen atoms in total. The molecule has 3 unspecified atom stereocenters. The number of nitrogens with one attached hydrogen (secondary N) is 2. The first-order chi connectivity index (χ1) is 12.6. The minimum absolute atomic E-state index is 0. The predicted molar refractivity (Wildman–Crippen MR) is 117 cm³/mol. The van der Waals surface area contributed by atoms with Gasteiger partial charge in [-0.1, -0.05) is 25.1 Å². The zero-order valence-corrected chi connectivity index (χ0v) is 17.9. The second kappa shape index (κ2) is 9.68. The van der Waals surface area contributed by atoms with Crippen LogP contribution < -0.4 is 15.5 Å². The number of rotatable bonds is 4. The van der Waals surface area contributed by atoms with Crippen molar-refractivity contribution in [1.82, 2.24) is 10.6 Å². The molecule has 3 heterocycles. The highest BCUT2D eigenvalue weighted by atomic mass is 35.5. The highest BCUT2D eigenvalue weighted by molar-refractivity contribution is 5.93. The van der Waals surface area contributed by atoms with E-state index in [4.69, 9.17) is 4.42 Å². The third-order valence-electron chi connectivity index (χ3n) is 5.74. The molecule has 1 aromatic carbocycles. The van der Waals surface area contributed by atoms with Gasteiger partial charge in [0.25, 0.3) is 5.91 Å². The first-order valence-electron chi connectivity index (χ1n) is 9.56. The lowest BCUT2D eigenvalue weighted by molar-refractivity contribution is 0.0884. The summed E-state index contributed by atoms with van der Waals surface area (Å²) < 4.78 is 5.58. The predicted octanol–water partition coefficient (Wildman–Crippen LogP) is 3.80. The van der Waals surface area contributed by atoms with E-state index in [9.17, 15) is 4.79 Å². The number of anilines is 1. The second-order valence-electron chi connectivity index (χ2n) is 7.63. The van der Waals surface area contributed by atoms with Gasteiger partial charge in [0.15, 0.2) is 5.76 Å². The first-order valence-corrected chi connectivity index (χ1v) is 9.56. The Kier molecular flexibility index (Phi) is 7.81. The topological polar surface area (TPSA) is 57.5 Å². The van der Waals surface area contributed by atoms with Gasteiger partial charge in [-0.05, 0) is 56.5 Å². The van der Waals surface area contributed by atoms with Crippen molar-refractivity contribution in [3.8, 4) is 0 Å². The molecule has 154 valence electrons. The summed E-state index contributed by atoms with van der Waals surface area (Å²) in [6, 6.07) is 11.1. The Morgan fingerprint density at radius 1 is 1.25 bits per heavy atom. The Bertz CT molecular complexity index is 795. The average molecular weight is 426 g/mol. The van der Waals surface area contributed by atoms with Gasteiger partial charge in [-0.2, -0.15) is 0 Å². The van der Waals surface area contributed by atoms with Crippen molar-refractivity contribution in [3.63, 3.8) is 0 Å². The van der Waals surface area contributed by atoms with E-state index in [0.717, 1.165) is 31.5 Å². The normalized spacial score (nSPS) is 23.4. The second-order valence-corrected chi connectivity index (χ2v) is 7.63. The lowest BCUT2D eigenvalue weighted by Gasteiger charge is -2.30. The SMILES string of the molecule is CC1CNCCC1NC(=O)c1occc1CN1c2ccccc2CC1C.Cl.Cl.